The molecule has 0 spiro atoms. The normalized spacial score (nSPS) is 12.7. The molecule has 1 amide bonds. The van der Waals surface area contributed by atoms with Gasteiger partial charge >= 0.3 is 5.97 Å². The molecule has 5 heteroatoms. The number of amides is 1. The lowest BCUT2D eigenvalue weighted by Gasteiger charge is -2.20. The van der Waals surface area contributed by atoms with E-state index in [-0.39, 0.29) is 12.3 Å². The Hall–Kier alpha value is -3.05. The van der Waals surface area contributed by atoms with Crippen molar-refractivity contribution < 1.29 is 14.7 Å². The summed E-state index contributed by atoms with van der Waals surface area (Å²) >= 11 is 4.31. The van der Waals surface area contributed by atoms with Gasteiger partial charge in [-0.2, -0.15) is 12.6 Å². The predicted octanol–water partition coefficient (Wildman–Crippen LogP) is 4.25. The average Bonchev–Trinajstić information content (AvgIpc) is 2.78. The standard InChI is InChI=1S/C25H25NO3S/c27-24(21(17-30)15-18-9-3-1-4-10-18)26-23(25(28)29)16-20-13-7-8-14-22(20)19-11-5-2-6-12-19/h1-14,21,23,30H,15-17H2,(H,26,27)(H,28,29)/t21-,23+/m1/s1. The first-order valence-corrected chi connectivity index (χ1v) is 10.5. The van der Waals surface area contributed by atoms with Gasteiger partial charge in [-0.1, -0.05) is 84.9 Å². The highest BCUT2D eigenvalue weighted by atomic mass is 32.1. The van der Waals surface area contributed by atoms with Gasteiger partial charge in [0.25, 0.3) is 0 Å². The highest BCUT2D eigenvalue weighted by Gasteiger charge is 2.26. The highest BCUT2D eigenvalue weighted by molar-refractivity contribution is 7.80. The molecule has 3 aromatic rings. The molecule has 3 rings (SSSR count). The molecule has 4 nitrogen and oxygen atoms in total. The van der Waals surface area contributed by atoms with Crippen LogP contribution in [0.25, 0.3) is 11.1 Å². The number of benzene rings is 3. The highest BCUT2D eigenvalue weighted by Crippen LogP contribution is 2.24. The summed E-state index contributed by atoms with van der Waals surface area (Å²) in [7, 11) is 0. The summed E-state index contributed by atoms with van der Waals surface area (Å²) in [4.78, 5) is 24.7. The van der Waals surface area contributed by atoms with Gasteiger partial charge in [-0.15, -0.1) is 0 Å². The maximum Gasteiger partial charge on any atom is 0.326 e. The van der Waals surface area contributed by atoms with Gasteiger partial charge in [0.15, 0.2) is 0 Å². The molecule has 3 aromatic carbocycles. The number of thiol groups is 1. The van der Waals surface area contributed by atoms with Crippen LogP contribution < -0.4 is 5.32 Å². The van der Waals surface area contributed by atoms with Crippen molar-refractivity contribution in [1.29, 1.82) is 0 Å². The second-order valence-corrected chi connectivity index (χ2v) is 7.56. The summed E-state index contributed by atoms with van der Waals surface area (Å²) in [5.74, 6) is -1.41. The Balaban J connectivity index is 1.75. The van der Waals surface area contributed by atoms with Gasteiger partial charge in [-0.25, -0.2) is 4.79 Å². The molecule has 0 aromatic heterocycles. The molecule has 30 heavy (non-hydrogen) atoms. The van der Waals surface area contributed by atoms with E-state index in [0.29, 0.717) is 12.2 Å². The van der Waals surface area contributed by atoms with Crippen molar-refractivity contribution in [2.75, 3.05) is 5.75 Å². The number of carbonyl (C=O) groups is 2. The molecule has 0 heterocycles. The van der Waals surface area contributed by atoms with Crippen LogP contribution in [0.4, 0.5) is 0 Å². The number of hydrogen-bond acceptors (Lipinski definition) is 3. The van der Waals surface area contributed by atoms with Gasteiger partial charge < -0.3 is 10.4 Å². The van der Waals surface area contributed by atoms with Crippen molar-refractivity contribution in [2.45, 2.75) is 18.9 Å². The Kier molecular flexibility index (Phi) is 7.69. The van der Waals surface area contributed by atoms with Crippen LogP contribution in [0, 0.1) is 5.92 Å². The van der Waals surface area contributed by atoms with Crippen molar-refractivity contribution in [3.63, 3.8) is 0 Å². The number of nitrogens with one attached hydrogen (secondary N) is 1. The molecule has 0 aliphatic carbocycles. The number of carbonyl (C=O) groups excluding carboxylic acids is 1. The summed E-state index contributed by atoms with van der Waals surface area (Å²) < 4.78 is 0. The summed E-state index contributed by atoms with van der Waals surface area (Å²) in [6, 6.07) is 26.2. The minimum absolute atomic E-state index is 0.205. The second kappa shape index (κ2) is 10.6. The number of rotatable bonds is 9. The van der Waals surface area contributed by atoms with Gasteiger partial charge in [-0.05, 0) is 28.7 Å². The van der Waals surface area contributed by atoms with Crippen LogP contribution in [-0.2, 0) is 22.4 Å². The van der Waals surface area contributed by atoms with Crippen LogP contribution in [0.1, 0.15) is 11.1 Å². The second-order valence-electron chi connectivity index (χ2n) is 7.20. The molecule has 0 unspecified atom stereocenters. The quantitative estimate of drug-likeness (QED) is 0.454. The van der Waals surface area contributed by atoms with Gasteiger partial charge in [0.2, 0.25) is 5.91 Å². The smallest absolute Gasteiger partial charge is 0.326 e. The molecule has 2 N–H and O–H groups in total. The molecule has 154 valence electrons. The number of carboxylic acids is 1. The minimum Gasteiger partial charge on any atom is -0.480 e. The van der Waals surface area contributed by atoms with Crippen LogP contribution >= 0.6 is 12.6 Å². The first kappa shape index (κ1) is 21.7. The zero-order valence-electron chi connectivity index (χ0n) is 16.6. The molecule has 0 aliphatic rings. The molecule has 0 saturated carbocycles. The summed E-state index contributed by atoms with van der Waals surface area (Å²) in [5.41, 5.74) is 3.88. The van der Waals surface area contributed by atoms with E-state index in [2.05, 4.69) is 17.9 Å². The molecule has 0 fully saturated rings. The van der Waals surface area contributed by atoms with Crippen molar-refractivity contribution in [1.82, 2.24) is 5.32 Å². The van der Waals surface area contributed by atoms with Crippen LogP contribution in [0.5, 0.6) is 0 Å². The SMILES string of the molecule is O=C(N[C@@H](Cc1ccccc1-c1ccccc1)C(=O)O)[C@@H](CS)Cc1ccccc1. The van der Waals surface area contributed by atoms with E-state index in [4.69, 9.17) is 0 Å². The molecular formula is C25H25NO3S. The third kappa shape index (κ3) is 5.74. The van der Waals surface area contributed by atoms with Gasteiger partial charge in [0.05, 0.1) is 5.92 Å². The first-order valence-electron chi connectivity index (χ1n) is 9.89. The van der Waals surface area contributed by atoms with Crippen LogP contribution in [0.2, 0.25) is 0 Å². The van der Waals surface area contributed by atoms with Crippen molar-refractivity contribution in [2.24, 2.45) is 5.92 Å². The zero-order valence-corrected chi connectivity index (χ0v) is 17.5. The largest absolute Gasteiger partial charge is 0.480 e. The summed E-state index contributed by atoms with van der Waals surface area (Å²) in [6.07, 6.45) is 0.722. The Morgan fingerprint density at radius 2 is 1.43 bits per heavy atom. The van der Waals surface area contributed by atoms with Crippen molar-refractivity contribution in [3.8, 4) is 11.1 Å². The zero-order chi connectivity index (χ0) is 21.3. The third-order valence-electron chi connectivity index (χ3n) is 5.06. The van der Waals surface area contributed by atoms with Crippen LogP contribution in [0.15, 0.2) is 84.9 Å². The summed E-state index contributed by atoms with van der Waals surface area (Å²) in [6.45, 7) is 0. The fourth-order valence-electron chi connectivity index (χ4n) is 3.45. The Morgan fingerprint density at radius 3 is 2.07 bits per heavy atom. The molecule has 0 aliphatic heterocycles. The van der Waals surface area contributed by atoms with E-state index in [9.17, 15) is 14.7 Å². The predicted molar refractivity (Wildman–Crippen MR) is 123 cm³/mol. The van der Waals surface area contributed by atoms with Gasteiger partial charge in [-0.3, -0.25) is 4.79 Å². The number of carboxylic acid groups (broad SMARTS) is 1. The molecule has 2 atom stereocenters. The van der Waals surface area contributed by atoms with E-state index in [1.165, 1.54) is 0 Å². The van der Waals surface area contributed by atoms with E-state index in [1.54, 1.807) is 0 Å². The lowest BCUT2D eigenvalue weighted by molar-refractivity contribution is -0.142. The van der Waals surface area contributed by atoms with E-state index in [0.717, 1.165) is 22.3 Å². The Morgan fingerprint density at radius 1 is 0.833 bits per heavy atom. The van der Waals surface area contributed by atoms with E-state index >= 15 is 0 Å². The average molecular weight is 420 g/mol. The van der Waals surface area contributed by atoms with Crippen LogP contribution in [0.3, 0.4) is 0 Å². The fourth-order valence-corrected chi connectivity index (χ4v) is 3.74. The maximum absolute atomic E-state index is 12.8. The molecule has 0 radical (unpaired) electrons. The Bertz CT molecular complexity index is 976. The van der Waals surface area contributed by atoms with E-state index in [1.807, 2.05) is 84.9 Å². The summed E-state index contributed by atoms with van der Waals surface area (Å²) in [5, 5.41) is 12.5. The Labute approximate surface area is 182 Å². The monoisotopic (exact) mass is 419 g/mol. The number of aliphatic carboxylic acids is 1. The third-order valence-corrected chi connectivity index (χ3v) is 5.50. The van der Waals surface area contributed by atoms with E-state index < -0.39 is 17.9 Å². The first-order chi connectivity index (χ1) is 14.6. The van der Waals surface area contributed by atoms with Crippen molar-refractivity contribution >= 4 is 24.5 Å². The topological polar surface area (TPSA) is 66.4 Å². The maximum atomic E-state index is 12.8. The lowest BCUT2D eigenvalue weighted by Crippen LogP contribution is -2.45. The molecule has 0 saturated heterocycles. The molecular weight excluding hydrogens is 394 g/mol. The molecule has 0 bridgehead atoms. The van der Waals surface area contributed by atoms with Crippen molar-refractivity contribution in [3.05, 3.63) is 96.1 Å². The van der Waals surface area contributed by atoms with Gasteiger partial charge in [0.1, 0.15) is 6.04 Å². The number of hydrogen-bond donors (Lipinski definition) is 3. The minimum atomic E-state index is -1.05. The lowest BCUT2D eigenvalue weighted by atomic mass is 9.94. The van der Waals surface area contributed by atoms with Crippen LogP contribution in [-0.4, -0.2) is 28.8 Å². The van der Waals surface area contributed by atoms with Gasteiger partial charge in [0, 0.05) is 12.2 Å². The fraction of sp³-hybridized carbons (Fsp3) is 0.200.